The molecule has 0 spiro atoms. The number of rotatable bonds is 6. The number of nitrogens with zero attached hydrogens (tertiary/aromatic N) is 1. The fourth-order valence-corrected chi connectivity index (χ4v) is 9.34. The van der Waals surface area contributed by atoms with Crippen LogP contribution >= 0.6 is 11.3 Å². The summed E-state index contributed by atoms with van der Waals surface area (Å²) < 4.78 is 9.18. The van der Waals surface area contributed by atoms with Gasteiger partial charge in [0.1, 0.15) is 11.2 Å². The van der Waals surface area contributed by atoms with Crippen LogP contribution in [0.3, 0.4) is 0 Å². The molecule has 3 heteroatoms. The monoisotopic (exact) mass is 719 g/mol. The first kappa shape index (κ1) is 31.6. The first-order chi connectivity index (χ1) is 27.3. The van der Waals surface area contributed by atoms with Gasteiger partial charge in [0.05, 0.1) is 5.69 Å². The average Bonchev–Trinajstić information content (AvgIpc) is 3.83. The van der Waals surface area contributed by atoms with Crippen LogP contribution in [-0.4, -0.2) is 0 Å². The number of para-hydroxylation sites is 1. The van der Waals surface area contributed by atoms with Crippen LogP contribution < -0.4 is 4.90 Å². The zero-order valence-corrected chi connectivity index (χ0v) is 30.6. The van der Waals surface area contributed by atoms with E-state index in [1.807, 2.05) is 11.3 Å². The van der Waals surface area contributed by atoms with Gasteiger partial charge in [-0.25, -0.2) is 0 Å². The van der Waals surface area contributed by atoms with E-state index in [1.54, 1.807) is 0 Å². The third-order valence-electron chi connectivity index (χ3n) is 10.9. The molecule has 0 bridgehead atoms. The van der Waals surface area contributed by atoms with Crippen molar-refractivity contribution in [2.45, 2.75) is 0 Å². The van der Waals surface area contributed by atoms with Gasteiger partial charge in [0.2, 0.25) is 0 Å². The Morgan fingerprint density at radius 3 is 1.85 bits per heavy atom. The van der Waals surface area contributed by atoms with E-state index in [2.05, 4.69) is 205 Å². The Morgan fingerprint density at radius 2 is 1.02 bits per heavy atom. The van der Waals surface area contributed by atoms with Gasteiger partial charge in [-0.05, 0) is 93.9 Å². The summed E-state index contributed by atoms with van der Waals surface area (Å²) in [6.07, 6.45) is 0. The van der Waals surface area contributed by atoms with Crippen LogP contribution in [0, 0.1) is 0 Å². The summed E-state index contributed by atoms with van der Waals surface area (Å²) in [7, 11) is 0. The van der Waals surface area contributed by atoms with Crippen LogP contribution in [0.5, 0.6) is 0 Å². The zero-order valence-electron chi connectivity index (χ0n) is 29.8. The number of furan rings is 1. The molecule has 9 aromatic carbocycles. The third kappa shape index (κ3) is 5.32. The normalized spacial score (nSPS) is 11.6. The topological polar surface area (TPSA) is 16.4 Å². The summed E-state index contributed by atoms with van der Waals surface area (Å²) in [6, 6.07) is 72.1. The molecule has 0 saturated heterocycles. The van der Waals surface area contributed by atoms with E-state index in [-0.39, 0.29) is 0 Å². The summed E-state index contributed by atoms with van der Waals surface area (Å²) in [4.78, 5) is 2.38. The molecule has 0 N–H and O–H groups in total. The Balaban J connectivity index is 1.03. The lowest BCUT2D eigenvalue weighted by Gasteiger charge is -2.28. The molecule has 0 saturated carbocycles. The predicted octanol–water partition coefficient (Wildman–Crippen LogP) is 15.6. The Morgan fingerprint density at radius 1 is 0.382 bits per heavy atom. The van der Waals surface area contributed by atoms with E-state index in [1.165, 1.54) is 47.8 Å². The Bertz CT molecular complexity index is 3190. The van der Waals surface area contributed by atoms with Gasteiger partial charge in [-0.15, -0.1) is 11.3 Å². The first-order valence-corrected chi connectivity index (χ1v) is 19.5. The van der Waals surface area contributed by atoms with Gasteiger partial charge in [-0.2, -0.15) is 0 Å². The Labute approximate surface area is 322 Å². The van der Waals surface area contributed by atoms with Crippen LogP contribution in [0.15, 0.2) is 205 Å². The van der Waals surface area contributed by atoms with Crippen molar-refractivity contribution in [2.75, 3.05) is 4.90 Å². The van der Waals surface area contributed by atoms with Crippen LogP contribution in [-0.2, 0) is 0 Å². The van der Waals surface area contributed by atoms with Crippen molar-refractivity contribution in [3.05, 3.63) is 200 Å². The van der Waals surface area contributed by atoms with E-state index in [0.717, 1.165) is 55.5 Å². The molecule has 258 valence electrons. The van der Waals surface area contributed by atoms with Crippen LogP contribution in [0.2, 0.25) is 0 Å². The quantitative estimate of drug-likeness (QED) is 0.170. The van der Waals surface area contributed by atoms with E-state index >= 15 is 0 Å². The maximum atomic E-state index is 6.53. The number of benzene rings is 9. The summed E-state index contributed by atoms with van der Waals surface area (Å²) >= 11 is 1.86. The third-order valence-corrected chi connectivity index (χ3v) is 12.0. The van der Waals surface area contributed by atoms with Crippen molar-refractivity contribution in [1.29, 1.82) is 0 Å². The van der Waals surface area contributed by atoms with Crippen LogP contribution in [0.4, 0.5) is 17.1 Å². The van der Waals surface area contributed by atoms with Gasteiger partial charge >= 0.3 is 0 Å². The summed E-state index contributed by atoms with van der Waals surface area (Å²) in [5.74, 6) is 0. The van der Waals surface area contributed by atoms with Crippen molar-refractivity contribution >= 4 is 81.3 Å². The number of anilines is 3. The highest BCUT2D eigenvalue weighted by Crippen LogP contribution is 2.44. The summed E-state index contributed by atoms with van der Waals surface area (Å²) in [6.45, 7) is 0. The Hall–Kier alpha value is -6.94. The molecule has 2 heterocycles. The standard InChI is InChI=1S/C52H33NOS/c1-2-11-35(12-3-1)41-14-6-8-18-47(41)53(39-27-21-34(22-28-39)38-26-32-50-46(33-38)44-16-7-9-20-49(44)55-50)40-29-23-37(24-30-40)42-17-10-19-48-51(42)45-31-25-36-13-4-5-15-43(36)52(45)54-48/h1-33H. The van der Waals surface area contributed by atoms with E-state index in [0.29, 0.717) is 0 Å². The SMILES string of the molecule is c1ccc(-c2ccccc2N(c2ccc(-c3ccc4sc5ccccc5c4c3)cc2)c2ccc(-c3cccc4oc5c6ccccc6ccc5c34)cc2)cc1. The molecule has 55 heavy (non-hydrogen) atoms. The molecule has 0 radical (unpaired) electrons. The van der Waals surface area contributed by atoms with E-state index < -0.39 is 0 Å². The molecular weight excluding hydrogens is 687 g/mol. The highest BCUT2D eigenvalue weighted by atomic mass is 32.1. The van der Waals surface area contributed by atoms with E-state index in [4.69, 9.17) is 4.42 Å². The second-order valence-electron chi connectivity index (χ2n) is 14.1. The molecule has 2 aromatic heterocycles. The van der Waals surface area contributed by atoms with Gasteiger partial charge in [-0.3, -0.25) is 0 Å². The highest BCUT2D eigenvalue weighted by molar-refractivity contribution is 7.25. The van der Waals surface area contributed by atoms with Crippen molar-refractivity contribution in [2.24, 2.45) is 0 Å². The minimum Gasteiger partial charge on any atom is -0.455 e. The van der Waals surface area contributed by atoms with Crippen molar-refractivity contribution < 1.29 is 4.42 Å². The minimum atomic E-state index is 0.901. The number of hydrogen-bond donors (Lipinski definition) is 0. The lowest BCUT2D eigenvalue weighted by atomic mass is 9.97. The van der Waals surface area contributed by atoms with Crippen molar-refractivity contribution in [1.82, 2.24) is 0 Å². The number of thiophene rings is 1. The molecule has 11 aromatic rings. The van der Waals surface area contributed by atoms with Crippen molar-refractivity contribution in [3.8, 4) is 33.4 Å². The molecule has 0 aliphatic rings. The molecule has 0 amide bonds. The molecule has 0 aliphatic heterocycles. The fourth-order valence-electron chi connectivity index (χ4n) is 8.25. The van der Waals surface area contributed by atoms with E-state index in [9.17, 15) is 0 Å². The predicted molar refractivity (Wildman–Crippen MR) is 235 cm³/mol. The van der Waals surface area contributed by atoms with Crippen LogP contribution in [0.25, 0.3) is 86.3 Å². The number of hydrogen-bond acceptors (Lipinski definition) is 3. The van der Waals surface area contributed by atoms with Gasteiger partial charge in [0.15, 0.2) is 0 Å². The van der Waals surface area contributed by atoms with Gasteiger partial charge in [0, 0.05) is 53.3 Å². The average molecular weight is 720 g/mol. The maximum absolute atomic E-state index is 6.53. The molecule has 2 nitrogen and oxygen atoms in total. The van der Waals surface area contributed by atoms with Gasteiger partial charge in [-0.1, -0.05) is 140 Å². The smallest absolute Gasteiger partial charge is 0.143 e. The van der Waals surface area contributed by atoms with Crippen LogP contribution in [0.1, 0.15) is 0 Å². The van der Waals surface area contributed by atoms with Gasteiger partial charge < -0.3 is 9.32 Å². The first-order valence-electron chi connectivity index (χ1n) is 18.7. The molecule has 11 rings (SSSR count). The molecule has 0 atom stereocenters. The summed E-state index contributed by atoms with van der Waals surface area (Å²) in [5.41, 5.74) is 12.2. The second kappa shape index (κ2) is 12.9. The largest absolute Gasteiger partial charge is 0.455 e. The summed E-state index contributed by atoms with van der Waals surface area (Å²) in [5, 5.41) is 7.23. The molecule has 0 unspecified atom stereocenters. The highest BCUT2D eigenvalue weighted by Gasteiger charge is 2.19. The number of fused-ring (bicyclic) bond motifs is 8. The van der Waals surface area contributed by atoms with Crippen molar-refractivity contribution in [3.63, 3.8) is 0 Å². The maximum Gasteiger partial charge on any atom is 0.143 e. The zero-order chi connectivity index (χ0) is 36.3. The lowest BCUT2D eigenvalue weighted by Crippen LogP contribution is -2.11. The molecule has 0 aliphatic carbocycles. The second-order valence-corrected chi connectivity index (χ2v) is 15.1. The minimum absolute atomic E-state index is 0.901. The Kier molecular flexibility index (Phi) is 7.39. The van der Waals surface area contributed by atoms with Gasteiger partial charge in [0.25, 0.3) is 0 Å². The molecular formula is C52H33NOS. The fraction of sp³-hybridized carbons (Fsp3) is 0. The molecule has 0 fully saturated rings. The lowest BCUT2D eigenvalue weighted by molar-refractivity contribution is 0.673.